The smallest absolute Gasteiger partial charge is 0.225 e. The van der Waals surface area contributed by atoms with Crippen LogP contribution in [0.5, 0.6) is 5.75 Å². The van der Waals surface area contributed by atoms with E-state index < -0.39 is 0 Å². The van der Waals surface area contributed by atoms with Crippen molar-refractivity contribution in [3.8, 4) is 17.0 Å². The van der Waals surface area contributed by atoms with E-state index in [1.165, 1.54) is 5.56 Å². The number of hydrogen-bond donors (Lipinski definition) is 1. The largest absolute Gasteiger partial charge is 0.496 e. The van der Waals surface area contributed by atoms with Gasteiger partial charge in [0.1, 0.15) is 11.4 Å². The van der Waals surface area contributed by atoms with Crippen molar-refractivity contribution in [1.29, 1.82) is 0 Å². The number of rotatable bonds is 3. The van der Waals surface area contributed by atoms with Crippen molar-refractivity contribution in [2.24, 2.45) is 0 Å². The summed E-state index contributed by atoms with van der Waals surface area (Å²) in [7, 11) is 1.65. The first-order valence-electron chi connectivity index (χ1n) is 5.94. The molecule has 0 aliphatic heterocycles. The lowest BCUT2D eigenvalue weighted by Gasteiger charge is -2.11. The van der Waals surface area contributed by atoms with E-state index in [0.29, 0.717) is 11.8 Å². The summed E-state index contributed by atoms with van der Waals surface area (Å²) in [4.78, 5) is 0. The first-order valence-corrected chi connectivity index (χ1v) is 5.94. The highest BCUT2D eigenvalue weighted by molar-refractivity contribution is 5.73. The minimum absolute atomic E-state index is 0.349. The third kappa shape index (κ3) is 2.06. The first-order chi connectivity index (χ1) is 8.54. The van der Waals surface area contributed by atoms with Gasteiger partial charge in [-0.2, -0.15) is 0 Å². The molecule has 0 radical (unpaired) electrons. The van der Waals surface area contributed by atoms with Gasteiger partial charge >= 0.3 is 0 Å². The van der Waals surface area contributed by atoms with Gasteiger partial charge in [0.2, 0.25) is 5.88 Å². The molecule has 2 aromatic rings. The van der Waals surface area contributed by atoms with Gasteiger partial charge in [0.25, 0.3) is 0 Å². The molecule has 1 aromatic carbocycles. The maximum atomic E-state index is 5.70. The van der Waals surface area contributed by atoms with Crippen molar-refractivity contribution in [3.05, 3.63) is 29.3 Å². The standard InChI is InChI=1S/C14H18N2O2/c1-8(2)10-5-6-12(17-4)11(7-10)13-9(3)14(15)18-16-13/h5-8H,15H2,1-4H3. The second-order valence-electron chi connectivity index (χ2n) is 4.63. The van der Waals surface area contributed by atoms with E-state index in [1.54, 1.807) is 7.11 Å². The number of methoxy groups -OCH3 is 1. The Kier molecular flexibility index (Phi) is 3.28. The lowest BCUT2D eigenvalue weighted by Crippen LogP contribution is -1.94. The second-order valence-corrected chi connectivity index (χ2v) is 4.63. The summed E-state index contributed by atoms with van der Waals surface area (Å²) < 4.78 is 10.4. The van der Waals surface area contributed by atoms with Gasteiger partial charge in [-0.1, -0.05) is 25.1 Å². The molecule has 0 saturated carbocycles. The van der Waals surface area contributed by atoms with Gasteiger partial charge in [-0.05, 0) is 30.5 Å². The maximum Gasteiger partial charge on any atom is 0.225 e. The predicted octanol–water partition coefficient (Wildman–Crippen LogP) is 3.36. The summed E-state index contributed by atoms with van der Waals surface area (Å²) in [6, 6.07) is 6.09. The molecule has 0 bridgehead atoms. The van der Waals surface area contributed by atoms with Crippen molar-refractivity contribution in [3.63, 3.8) is 0 Å². The van der Waals surface area contributed by atoms with Gasteiger partial charge < -0.3 is 15.0 Å². The minimum atomic E-state index is 0.349. The number of benzene rings is 1. The number of nitrogen functional groups attached to an aromatic ring is 1. The van der Waals surface area contributed by atoms with E-state index in [0.717, 1.165) is 22.6 Å². The SMILES string of the molecule is COc1ccc(C(C)C)cc1-c1noc(N)c1C. The van der Waals surface area contributed by atoms with Crippen LogP contribution in [-0.2, 0) is 0 Å². The molecule has 1 aromatic heterocycles. The Morgan fingerprint density at radius 3 is 2.56 bits per heavy atom. The number of hydrogen-bond acceptors (Lipinski definition) is 4. The third-order valence-electron chi connectivity index (χ3n) is 3.11. The molecule has 0 spiro atoms. The Balaban J connectivity index is 2.60. The molecule has 1 heterocycles. The number of nitrogens with zero attached hydrogens (tertiary/aromatic N) is 1. The number of nitrogens with two attached hydrogens (primary N) is 1. The summed E-state index contributed by atoms with van der Waals surface area (Å²) in [6.07, 6.45) is 0. The molecule has 96 valence electrons. The molecule has 0 unspecified atom stereocenters. The van der Waals surface area contributed by atoms with Gasteiger partial charge in [-0.15, -0.1) is 0 Å². The zero-order chi connectivity index (χ0) is 13.3. The molecular formula is C14H18N2O2. The van der Waals surface area contributed by atoms with Crippen LogP contribution in [0.1, 0.15) is 30.9 Å². The highest BCUT2D eigenvalue weighted by Gasteiger charge is 2.16. The monoisotopic (exact) mass is 246 g/mol. The van der Waals surface area contributed by atoms with E-state index in [9.17, 15) is 0 Å². The third-order valence-corrected chi connectivity index (χ3v) is 3.11. The zero-order valence-electron chi connectivity index (χ0n) is 11.2. The topological polar surface area (TPSA) is 61.3 Å². The summed E-state index contributed by atoms with van der Waals surface area (Å²) in [5.74, 6) is 1.57. The molecule has 0 aliphatic carbocycles. The zero-order valence-corrected chi connectivity index (χ0v) is 11.2. The van der Waals surface area contributed by atoms with Crippen molar-refractivity contribution in [2.75, 3.05) is 12.8 Å². The fourth-order valence-corrected chi connectivity index (χ4v) is 1.87. The van der Waals surface area contributed by atoms with E-state index >= 15 is 0 Å². The van der Waals surface area contributed by atoms with Crippen molar-refractivity contribution in [2.45, 2.75) is 26.7 Å². The fraction of sp³-hybridized carbons (Fsp3) is 0.357. The van der Waals surface area contributed by atoms with Gasteiger partial charge in [-0.3, -0.25) is 0 Å². The van der Waals surface area contributed by atoms with Crippen LogP contribution in [0, 0.1) is 6.92 Å². The quantitative estimate of drug-likeness (QED) is 0.902. The Hall–Kier alpha value is -1.97. The molecular weight excluding hydrogens is 228 g/mol. The van der Waals surface area contributed by atoms with Crippen LogP contribution in [0.3, 0.4) is 0 Å². The molecule has 0 amide bonds. The summed E-state index contributed by atoms with van der Waals surface area (Å²) in [5.41, 5.74) is 9.43. The molecule has 4 heteroatoms. The predicted molar refractivity (Wildman–Crippen MR) is 71.7 cm³/mol. The van der Waals surface area contributed by atoms with E-state index in [2.05, 4.69) is 31.1 Å². The highest BCUT2D eigenvalue weighted by atomic mass is 16.5. The Bertz CT molecular complexity index is 559. The van der Waals surface area contributed by atoms with Crippen LogP contribution < -0.4 is 10.5 Å². The van der Waals surface area contributed by atoms with E-state index in [1.807, 2.05) is 13.0 Å². The molecule has 0 fully saturated rings. The molecule has 4 nitrogen and oxygen atoms in total. The average molecular weight is 246 g/mol. The molecule has 18 heavy (non-hydrogen) atoms. The van der Waals surface area contributed by atoms with Crippen LogP contribution >= 0.6 is 0 Å². The summed E-state index contributed by atoms with van der Waals surface area (Å²) in [6.45, 7) is 6.19. The molecule has 0 aliphatic rings. The summed E-state index contributed by atoms with van der Waals surface area (Å²) in [5, 5.41) is 4.01. The molecule has 0 atom stereocenters. The minimum Gasteiger partial charge on any atom is -0.496 e. The van der Waals surface area contributed by atoms with Gasteiger partial charge in [0.15, 0.2) is 0 Å². The van der Waals surface area contributed by atoms with Crippen LogP contribution in [-0.4, -0.2) is 12.3 Å². The highest BCUT2D eigenvalue weighted by Crippen LogP contribution is 2.35. The van der Waals surface area contributed by atoms with Crippen LogP contribution in [0.15, 0.2) is 22.7 Å². The summed E-state index contributed by atoms with van der Waals surface area (Å²) >= 11 is 0. The first kappa shape index (κ1) is 12.5. The van der Waals surface area contributed by atoms with Crippen molar-refractivity contribution >= 4 is 5.88 Å². The molecule has 2 N–H and O–H groups in total. The lowest BCUT2D eigenvalue weighted by molar-refractivity contribution is 0.413. The van der Waals surface area contributed by atoms with E-state index in [-0.39, 0.29) is 0 Å². The lowest BCUT2D eigenvalue weighted by atomic mass is 9.98. The normalized spacial score (nSPS) is 10.9. The second kappa shape index (κ2) is 4.72. The Labute approximate surface area is 107 Å². The Morgan fingerprint density at radius 1 is 1.33 bits per heavy atom. The van der Waals surface area contributed by atoms with Crippen molar-refractivity contribution in [1.82, 2.24) is 5.16 Å². The van der Waals surface area contributed by atoms with Gasteiger partial charge in [-0.25, -0.2) is 0 Å². The average Bonchev–Trinajstić information content (AvgIpc) is 2.69. The maximum absolute atomic E-state index is 5.70. The number of ether oxygens (including phenoxy) is 1. The number of anilines is 1. The Morgan fingerprint density at radius 2 is 2.06 bits per heavy atom. The van der Waals surface area contributed by atoms with Gasteiger partial charge in [0, 0.05) is 11.1 Å². The fourth-order valence-electron chi connectivity index (χ4n) is 1.87. The van der Waals surface area contributed by atoms with Crippen LogP contribution in [0.2, 0.25) is 0 Å². The molecule has 0 saturated heterocycles. The van der Waals surface area contributed by atoms with Crippen LogP contribution in [0.4, 0.5) is 5.88 Å². The van der Waals surface area contributed by atoms with Crippen LogP contribution in [0.25, 0.3) is 11.3 Å². The van der Waals surface area contributed by atoms with E-state index in [4.69, 9.17) is 15.0 Å². The van der Waals surface area contributed by atoms with Gasteiger partial charge in [0.05, 0.1) is 7.11 Å². The molecule has 2 rings (SSSR count). The number of aromatic nitrogens is 1. The van der Waals surface area contributed by atoms with Crippen molar-refractivity contribution < 1.29 is 9.26 Å².